The first kappa shape index (κ1) is 24.1. The van der Waals surface area contributed by atoms with Crippen molar-refractivity contribution in [2.45, 2.75) is 26.3 Å². The van der Waals surface area contributed by atoms with Crippen LogP contribution in [0.4, 0.5) is 26.1 Å². The molecule has 0 saturated carbocycles. The summed E-state index contributed by atoms with van der Waals surface area (Å²) in [6.45, 7) is 6.30. The molecule has 4 heterocycles. The number of aromatic nitrogens is 4. The molecule has 7 nitrogen and oxygen atoms in total. The summed E-state index contributed by atoms with van der Waals surface area (Å²) in [6, 6.07) is 7.36. The minimum Gasteiger partial charge on any atom is -0.366 e. The molecular weight excluding hydrogens is 484 g/mol. The highest BCUT2D eigenvalue weighted by atomic mass is 19.1. The monoisotopic (exact) mass is 511 g/mol. The standard InChI is InChI=1S/C29H27F2N7/c1-29(2)16-32-11-10-23(29)36-28-25-19(17-5-3-6-17)14-33-15-22(25)35-27(38-28)18-9-12-34-24(13-18)37-26-20(30)7-4-8-21(26)31/h3-9,12-15,23,32H,10-11,16H2,1-2H3,(H,34,37)(H,35,36,38)/t23-/m0/s1. The first-order valence-electron chi connectivity index (χ1n) is 12.6. The zero-order chi connectivity index (χ0) is 26.3. The Bertz CT molecular complexity index is 1580. The van der Waals surface area contributed by atoms with Gasteiger partial charge in [-0.15, -0.1) is 0 Å². The van der Waals surface area contributed by atoms with E-state index >= 15 is 0 Å². The number of fused-ring (bicyclic) bond motifs is 1. The van der Waals surface area contributed by atoms with Gasteiger partial charge in [0.2, 0.25) is 0 Å². The van der Waals surface area contributed by atoms with E-state index in [1.165, 1.54) is 18.2 Å². The molecule has 1 fully saturated rings. The van der Waals surface area contributed by atoms with Crippen molar-refractivity contribution in [1.29, 1.82) is 0 Å². The van der Waals surface area contributed by atoms with E-state index in [2.05, 4.69) is 39.8 Å². The Hall–Kier alpha value is -4.24. The summed E-state index contributed by atoms with van der Waals surface area (Å²) in [5.74, 6) is 0.0699. The molecule has 3 N–H and O–H groups in total. The molecule has 6 rings (SSSR count). The lowest BCUT2D eigenvalue weighted by atomic mass is 9.80. The Balaban J connectivity index is 1.44. The molecule has 1 aliphatic carbocycles. The van der Waals surface area contributed by atoms with Gasteiger partial charge in [-0.3, -0.25) is 4.98 Å². The van der Waals surface area contributed by atoms with Crippen molar-refractivity contribution in [2.75, 3.05) is 23.7 Å². The van der Waals surface area contributed by atoms with Crippen LogP contribution in [0.15, 0.2) is 67.2 Å². The Morgan fingerprint density at radius 2 is 1.89 bits per heavy atom. The lowest BCUT2D eigenvalue weighted by Gasteiger charge is -2.40. The molecular formula is C29H27F2N7. The fourth-order valence-electron chi connectivity index (χ4n) is 4.90. The molecule has 1 saturated heterocycles. The quantitative estimate of drug-likeness (QED) is 0.299. The van der Waals surface area contributed by atoms with Gasteiger partial charge in [-0.05, 0) is 48.2 Å². The molecule has 0 unspecified atom stereocenters. The van der Waals surface area contributed by atoms with Crippen LogP contribution in [0.25, 0.3) is 27.9 Å². The van der Waals surface area contributed by atoms with Crippen LogP contribution in [0, 0.1) is 17.0 Å². The molecule has 9 heteroatoms. The van der Waals surface area contributed by atoms with Gasteiger partial charge in [-0.1, -0.05) is 38.1 Å². The molecule has 0 bridgehead atoms. The van der Waals surface area contributed by atoms with Crippen LogP contribution in [-0.2, 0) is 0 Å². The Kier molecular flexibility index (Phi) is 6.07. The number of pyridine rings is 2. The predicted octanol–water partition coefficient (Wildman–Crippen LogP) is 5.86. The summed E-state index contributed by atoms with van der Waals surface area (Å²) < 4.78 is 28.5. The lowest BCUT2D eigenvalue weighted by molar-refractivity contribution is 0.236. The zero-order valence-electron chi connectivity index (χ0n) is 21.1. The van der Waals surface area contributed by atoms with Crippen molar-refractivity contribution in [1.82, 2.24) is 25.3 Å². The third kappa shape index (κ3) is 4.50. The minimum absolute atomic E-state index is 0.0100. The normalized spacial score (nSPS) is 18.1. The molecule has 0 spiro atoms. The molecule has 0 radical (unpaired) electrons. The fraction of sp³-hybridized carbons (Fsp3) is 0.241. The van der Waals surface area contributed by atoms with Gasteiger partial charge < -0.3 is 16.0 Å². The van der Waals surface area contributed by atoms with Crippen LogP contribution in [-0.4, -0.2) is 39.1 Å². The minimum atomic E-state index is -0.701. The number of nitrogens with one attached hydrogen (secondary N) is 3. The van der Waals surface area contributed by atoms with Gasteiger partial charge in [0.05, 0.1) is 17.1 Å². The molecule has 0 amide bonds. The highest BCUT2D eigenvalue weighted by Crippen LogP contribution is 2.36. The summed E-state index contributed by atoms with van der Waals surface area (Å²) in [4.78, 5) is 18.5. The number of allylic oxidation sites excluding steroid dienone is 4. The van der Waals surface area contributed by atoms with Crippen molar-refractivity contribution in [3.8, 4) is 11.4 Å². The second kappa shape index (κ2) is 9.57. The van der Waals surface area contributed by atoms with Gasteiger partial charge >= 0.3 is 0 Å². The Labute approximate surface area is 219 Å². The number of nitrogens with zero attached hydrogens (tertiary/aromatic N) is 4. The van der Waals surface area contributed by atoms with Crippen LogP contribution in [0.5, 0.6) is 0 Å². The zero-order valence-corrected chi connectivity index (χ0v) is 21.1. The van der Waals surface area contributed by atoms with Crippen molar-refractivity contribution in [2.24, 2.45) is 5.41 Å². The first-order chi connectivity index (χ1) is 18.4. The number of anilines is 3. The summed E-state index contributed by atoms with van der Waals surface area (Å²) in [6.07, 6.45) is 12.2. The van der Waals surface area contributed by atoms with E-state index in [-0.39, 0.29) is 23.0 Å². The van der Waals surface area contributed by atoms with Gasteiger partial charge in [-0.2, -0.15) is 0 Å². The van der Waals surface area contributed by atoms with Crippen LogP contribution in [0.3, 0.4) is 0 Å². The average Bonchev–Trinajstić information content (AvgIpc) is 2.86. The maximum absolute atomic E-state index is 14.2. The van der Waals surface area contributed by atoms with E-state index < -0.39 is 11.6 Å². The topological polar surface area (TPSA) is 87.7 Å². The van der Waals surface area contributed by atoms with Gasteiger partial charge in [-0.25, -0.2) is 23.7 Å². The van der Waals surface area contributed by atoms with E-state index in [9.17, 15) is 8.78 Å². The Morgan fingerprint density at radius 3 is 2.63 bits per heavy atom. The first-order valence-corrected chi connectivity index (χ1v) is 12.6. The number of para-hydroxylation sites is 1. The number of rotatable bonds is 6. The third-order valence-corrected chi connectivity index (χ3v) is 7.15. The number of hydrogen-bond acceptors (Lipinski definition) is 7. The molecule has 1 aliphatic heterocycles. The molecule has 192 valence electrons. The summed E-state index contributed by atoms with van der Waals surface area (Å²) in [5, 5.41) is 10.9. The maximum atomic E-state index is 14.2. The van der Waals surface area contributed by atoms with Crippen molar-refractivity contribution >= 4 is 33.8 Å². The lowest BCUT2D eigenvalue weighted by Crippen LogP contribution is -2.49. The van der Waals surface area contributed by atoms with Gasteiger partial charge in [0.25, 0.3) is 0 Å². The van der Waals surface area contributed by atoms with Crippen LogP contribution >= 0.6 is 0 Å². The van der Waals surface area contributed by atoms with E-state index in [1.54, 1.807) is 24.5 Å². The van der Waals surface area contributed by atoms with Gasteiger partial charge in [0.1, 0.15) is 29.0 Å². The second-order valence-corrected chi connectivity index (χ2v) is 10.3. The molecule has 38 heavy (non-hydrogen) atoms. The molecule has 1 atom stereocenters. The molecule has 4 aromatic rings. The number of halogens is 2. The maximum Gasteiger partial charge on any atom is 0.162 e. The Morgan fingerprint density at radius 1 is 1.08 bits per heavy atom. The summed E-state index contributed by atoms with van der Waals surface area (Å²) >= 11 is 0. The number of piperidine rings is 1. The smallest absolute Gasteiger partial charge is 0.162 e. The van der Waals surface area contributed by atoms with E-state index in [0.717, 1.165) is 41.9 Å². The van der Waals surface area contributed by atoms with Crippen molar-refractivity contribution < 1.29 is 8.78 Å². The number of benzene rings is 1. The molecule has 3 aromatic heterocycles. The fourth-order valence-corrected chi connectivity index (χ4v) is 4.90. The SMILES string of the molecule is CC1(C)CNCC[C@@H]1Nc1nc(-c2ccnc(Nc3c(F)cccc3F)c2)nc2cncc(C3=CC=C3)c12. The van der Waals surface area contributed by atoms with Crippen LogP contribution in [0.1, 0.15) is 25.8 Å². The molecule has 1 aromatic carbocycles. The largest absolute Gasteiger partial charge is 0.366 e. The highest BCUT2D eigenvalue weighted by molar-refractivity contribution is 6.02. The van der Waals surface area contributed by atoms with Gasteiger partial charge in [0.15, 0.2) is 5.82 Å². The second-order valence-electron chi connectivity index (χ2n) is 10.3. The highest BCUT2D eigenvalue weighted by Gasteiger charge is 2.33. The molecule has 2 aliphatic rings. The van der Waals surface area contributed by atoms with Crippen LogP contribution in [0.2, 0.25) is 0 Å². The predicted molar refractivity (Wildman–Crippen MR) is 146 cm³/mol. The number of hydrogen-bond donors (Lipinski definition) is 3. The van der Waals surface area contributed by atoms with E-state index in [1.807, 2.05) is 24.4 Å². The van der Waals surface area contributed by atoms with Crippen LogP contribution < -0.4 is 16.0 Å². The van der Waals surface area contributed by atoms with Crippen molar-refractivity contribution in [3.05, 3.63) is 84.3 Å². The summed E-state index contributed by atoms with van der Waals surface area (Å²) in [7, 11) is 0. The summed E-state index contributed by atoms with van der Waals surface area (Å²) in [5.41, 5.74) is 3.15. The average molecular weight is 512 g/mol. The van der Waals surface area contributed by atoms with Crippen molar-refractivity contribution in [3.63, 3.8) is 0 Å². The van der Waals surface area contributed by atoms with Gasteiger partial charge in [0, 0.05) is 36.1 Å². The third-order valence-electron chi connectivity index (χ3n) is 7.15. The van der Waals surface area contributed by atoms with E-state index in [0.29, 0.717) is 16.9 Å². The van der Waals surface area contributed by atoms with E-state index in [4.69, 9.17) is 9.97 Å².